The van der Waals surface area contributed by atoms with Crippen LogP contribution in [0.2, 0.25) is 0 Å². The van der Waals surface area contributed by atoms with Crippen LogP contribution in [0.3, 0.4) is 0 Å². The van der Waals surface area contributed by atoms with Gasteiger partial charge in [-0.25, -0.2) is 0 Å². The molecule has 2 rings (SSSR count). The number of piperidine rings is 1. The van der Waals surface area contributed by atoms with Crippen LogP contribution in [0, 0.1) is 17.8 Å². The number of likely N-dealkylation sites (tertiary alicyclic amines) is 1. The lowest BCUT2D eigenvalue weighted by molar-refractivity contribution is -0.0366. The second-order valence-corrected chi connectivity index (χ2v) is 6.88. The normalized spacial score (nSPS) is 40.0. The second-order valence-electron chi connectivity index (χ2n) is 6.88. The molecule has 1 aliphatic carbocycles. The van der Waals surface area contributed by atoms with Gasteiger partial charge >= 0.3 is 0 Å². The van der Waals surface area contributed by atoms with E-state index in [1.165, 1.54) is 45.2 Å². The molecule has 0 aromatic rings. The smallest absolute Gasteiger partial charge is 0.0700 e. The fraction of sp³-hybridized carbons (Fsp3) is 1.00. The van der Waals surface area contributed by atoms with E-state index in [9.17, 15) is 5.11 Å². The summed E-state index contributed by atoms with van der Waals surface area (Å²) in [4.78, 5) is 2.59. The molecule has 0 aromatic heterocycles. The lowest BCUT2D eigenvalue weighted by atomic mass is 9.76. The third kappa shape index (κ3) is 3.27. The number of hydrogen-bond acceptors (Lipinski definition) is 2. The van der Waals surface area contributed by atoms with Crippen LogP contribution in [0.1, 0.15) is 59.3 Å². The van der Waals surface area contributed by atoms with Crippen LogP contribution in [-0.4, -0.2) is 35.2 Å². The summed E-state index contributed by atoms with van der Waals surface area (Å²) in [6.45, 7) is 9.34. The van der Waals surface area contributed by atoms with Crippen LogP contribution in [0.25, 0.3) is 0 Å². The molecule has 4 atom stereocenters. The largest absolute Gasteiger partial charge is 0.391 e. The quantitative estimate of drug-likeness (QED) is 0.834. The van der Waals surface area contributed by atoms with Crippen molar-refractivity contribution >= 4 is 0 Å². The number of nitrogens with zero attached hydrogens (tertiary/aromatic N) is 1. The van der Waals surface area contributed by atoms with Gasteiger partial charge in [0, 0.05) is 6.04 Å². The van der Waals surface area contributed by atoms with Gasteiger partial charge in [-0.3, -0.25) is 4.90 Å². The topological polar surface area (TPSA) is 23.5 Å². The number of rotatable bonds is 3. The molecule has 0 spiro atoms. The Balaban J connectivity index is 1.88. The molecule has 18 heavy (non-hydrogen) atoms. The van der Waals surface area contributed by atoms with Crippen molar-refractivity contribution in [3.63, 3.8) is 0 Å². The molecular formula is C16H31NO. The average molecular weight is 253 g/mol. The molecule has 2 nitrogen and oxygen atoms in total. The Labute approximate surface area is 113 Å². The van der Waals surface area contributed by atoms with Crippen LogP contribution in [0.5, 0.6) is 0 Å². The van der Waals surface area contributed by atoms with Crippen LogP contribution in [-0.2, 0) is 0 Å². The Morgan fingerprint density at radius 2 is 1.78 bits per heavy atom. The van der Waals surface area contributed by atoms with Crippen molar-refractivity contribution in [1.82, 2.24) is 4.90 Å². The molecule has 0 amide bonds. The first-order chi connectivity index (χ1) is 8.61. The Hall–Kier alpha value is -0.0800. The van der Waals surface area contributed by atoms with Crippen molar-refractivity contribution in [2.24, 2.45) is 17.8 Å². The molecule has 106 valence electrons. The summed E-state index contributed by atoms with van der Waals surface area (Å²) < 4.78 is 0. The highest BCUT2D eigenvalue weighted by molar-refractivity contribution is 4.91. The first kappa shape index (κ1) is 14.3. The van der Waals surface area contributed by atoms with Crippen LogP contribution >= 0.6 is 0 Å². The summed E-state index contributed by atoms with van der Waals surface area (Å²) in [5.74, 6) is 2.30. The molecular weight excluding hydrogens is 222 g/mol. The summed E-state index contributed by atoms with van der Waals surface area (Å²) in [6.07, 6.45) is 7.61. The fourth-order valence-electron chi connectivity index (χ4n) is 4.35. The molecule has 1 saturated carbocycles. The minimum Gasteiger partial charge on any atom is -0.391 e. The number of aliphatic hydroxyl groups is 1. The van der Waals surface area contributed by atoms with E-state index in [2.05, 4.69) is 25.7 Å². The highest BCUT2D eigenvalue weighted by Gasteiger charge is 2.37. The van der Waals surface area contributed by atoms with Gasteiger partial charge in [-0.05, 0) is 56.5 Å². The lowest BCUT2D eigenvalue weighted by Gasteiger charge is -2.46. The van der Waals surface area contributed by atoms with Crippen molar-refractivity contribution in [3.05, 3.63) is 0 Å². The van der Waals surface area contributed by atoms with Gasteiger partial charge in [-0.1, -0.05) is 33.6 Å². The van der Waals surface area contributed by atoms with Gasteiger partial charge in [0.05, 0.1) is 6.10 Å². The average Bonchev–Trinajstić information content (AvgIpc) is 2.30. The maximum Gasteiger partial charge on any atom is 0.0700 e. The van der Waals surface area contributed by atoms with Crippen molar-refractivity contribution in [2.75, 3.05) is 13.1 Å². The Bertz CT molecular complexity index is 235. The van der Waals surface area contributed by atoms with Crippen molar-refractivity contribution in [2.45, 2.75) is 71.4 Å². The molecule has 0 aromatic carbocycles. The molecule has 4 unspecified atom stereocenters. The Morgan fingerprint density at radius 1 is 1.11 bits per heavy atom. The van der Waals surface area contributed by atoms with Crippen molar-refractivity contribution in [1.29, 1.82) is 0 Å². The van der Waals surface area contributed by atoms with E-state index in [0.29, 0.717) is 17.9 Å². The van der Waals surface area contributed by atoms with E-state index in [1.54, 1.807) is 0 Å². The van der Waals surface area contributed by atoms with Crippen LogP contribution < -0.4 is 0 Å². The minimum absolute atomic E-state index is 0.0912. The predicted octanol–water partition coefficient (Wildman–Crippen LogP) is 3.29. The highest BCUT2D eigenvalue weighted by atomic mass is 16.3. The van der Waals surface area contributed by atoms with Crippen molar-refractivity contribution < 1.29 is 5.11 Å². The standard InChI is InChI=1S/C16H31NO/c1-4-5-14-6-8-17(9-7-14)16-13(3)10-12(2)11-15(16)18/h12-16,18H,4-11H2,1-3H3. The van der Waals surface area contributed by atoms with E-state index in [4.69, 9.17) is 0 Å². The molecule has 1 N–H and O–H groups in total. The van der Waals surface area contributed by atoms with E-state index >= 15 is 0 Å². The zero-order valence-electron chi connectivity index (χ0n) is 12.4. The maximum atomic E-state index is 10.4. The first-order valence-corrected chi connectivity index (χ1v) is 8.04. The Morgan fingerprint density at radius 3 is 2.33 bits per heavy atom. The third-order valence-corrected chi connectivity index (χ3v) is 5.16. The SMILES string of the molecule is CCCC1CCN(C2C(C)CC(C)CC2O)CC1. The molecule has 1 heterocycles. The predicted molar refractivity (Wildman–Crippen MR) is 76.6 cm³/mol. The van der Waals surface area contributed by atoms with Gasteiger partial charge in [-0.15, -0.1) is 0 Å². The monoisotopic (exact) mass is 253 g/mol. The van der Waals surface area contributed by atoms with Gasteiger partial charge in [0.25, 0.3) is 0 Å². The summed E-state index contributed by atoms with van der Waals surface area (Å²) in [5, 5.41) is 10.4. The Kier molecular flexibility index (Phi) is 5.08. The minimum atomic E-state index is -0.0912. The first-order valence-electron chi connectivity index (χ1n) is 8.04. The van der Waals surface area contributed by atoms with Crippen LogP contribution in [0.15, 0.2) is 0 Å². The summed E-state index contributed by atoms with van der Waals surface area (Å²) in [6, 6.07) is 0.434. The molecule has 2 fully saturated rings. The van der Waals surface area contributed by atoms with Crippen molar-refractivity contribution in [3.8, 4) is 0 Å². The summed E-state index contributed by atoms with van der Waals surface area (Å²) in [7, 11) is 0. The molecule has 0 radical (unpaired) electrons. The number of hydrogen-bond donors (Lipinski definition) is 1. The fourth-order valence-corrected chi connectivity index (χ4v) is 4.35. The van der Waals surface area contributed by atoms with Gasteiger partial charge in [-0.2, -0.15) is 0 Å². The zero-order chi connectivity index (χ0) is 13.1. The molecule has 2 heteroatoms. The van der Waals surface area contributed by atoms with Crippen LogP contribution in [0.4, 0.5) is 0 Å². The van der Waals surface area contributed by atoms with E-state index < -0.39 is 0 Å². The molecule has 1 saturated heterocycles. The maximum absolute atomic E-state index is 10.4. The molecule has 0 bridgehead atoms. The molecule has 1 aliphatic heterocycles. The lowest BCUT2D eigenvalue weighted by Crippen LogP contribution is -2.53. The summed E-state index contributed by atoms with van der Waals surface area (Å²) in [5.41, 5.74) is 0. The van der Waals surface area contributed by atoms with Gasteiger partial charge in [0.1, 0.15) is 0 Å². The van der Waals surface area contributed by atoms with Gasteiger partial charge < -0.3 is 5.11 Å². The third-order valence-electron chi connectivity index (χ3n) is 5.16. The van der Waals surface area contributed by atoms with Gasteiger partial charge in [0.15, 0.2) is 0 Å². The van der Waals surface area contributed by atoms with Gasteiger partial charge in [0.2, 0.25) is 0 Å². The van der Waals surface area contributed by atoms with E-state index in [-0.39, 0.29) is 6.10 Å². The highest BCUT2D eigenvalue weighted by Crippen LogP contribution is 2.34. The second kappa shape index (κ2) is 6.38. The van der Waals surface area contributed by atoms with E-state index in [0.717, 1.165) is 12.3 Å². The van der Waals surface area contributed by atoms with E-state index in [1.807, 2.05) is 0 Å². The molecule has 2 aliphatic rings. The number of aliphatic hydroxyl groups excluding tert-OH is 1. The zero-order valence-corrected chi connectivity index (χ0v) is 12.4. The summed E-state index contributed by atoms with van der Waals surface area (Å²) >= 11 is 0.